The lowest BCUT2D eigenvalue weighted by atomic mass is 10.2. The predicted octanol–water partition coefficient (Wildman–Crippen LogP) is 5.82. The van der Waals surface area contributed by atoms with E-state index < -0.39 is 21.8 Å². The van der Waals surface area contributed by atoms with Crippen molar-refractivity contribution in [3.8, 4) is 0 Å². The van der Waals surface area contributed by atoms with Crippen LogP contribution in [-0.2, 0) is 4.74 Å². The second-order valence-corrected chi connectivity index (χ2v) is 10.2. The average molecular weight is 582 g/mol. The number of ether oxygens (including phenoxy) is 1. The van der Waals surface area contributed by atoms with E-state index in [1.54, 1.807) is 48.5 Å². The number of halogens is 4. The van der Waals surface area contributed by atoms with Gasteiger partial charge in [0.2, 0.25) is 3.79 Å². The highest BCUT2D eigenvalue weighted by Crippen LogP contribution is 2.29. The average Bonchev–Trinajstić information content (AvgIpc) is 2.73. The van der Waals surface area contributed by atoms with Gasteiger partial charge < -0.3 is 20.7 Å². The molecule has 0 fully saturated rings. The van der Waals surface area contributed by atoms with E-state index in [9.17, 15) is 9.59 Å². The van der Waals surface area contributed by atoms with Crippen molar-refractivity contribution < 1.29 is 14.3 Å². The largest absolute Gasteiger partial charge is 0.462 e. The van der Waals surface area contributed by atoms with E-state index in [2.05, 4.69) is 31.9 Å². The maximum atomic E-state index is 12.6. The molecule has 0 aromatic heterocycles. The molecule has 0 aliphatic heterocycles. The molecule has 0 saturated carbocycles. The Bertz CT molecular complexity index is 955. The number of benzene rings is 2. The van der Waals surface area contributed by atoms with E-state index in [1.807, 2.05) is 6.92 Å². The van der Waals surface area contributed by atoms with Crippen LogP contribution >= 0.6 is 63.0 Å². The second-order valence-electron chi connectivity index (χ2n) is 6.59. The number of nitrogens with one attached hydrogen (secondary N) is 3. The predicted molar refractivity (Wildman–Crippen MR) is 137 cm³/mol. The van der Waals surface area contributed by atoms with Crippen molar-refractivity contribution in [2.24, 2.45) is 0 Å². The third-order valence-corrected chi connectivity index (χ3v) is 5.67. The molecule has 0 spiro atoms. The summed E-state index contributed by atoms with van der Waals surface area (Å²) in [6.07, 6.45) is 0.631. The first-order valence-electron chi connectivity index (χ1n) is 9.58. The minimum absolute atomic E-state index is 0.104. The van der Waals surface area contributed by atoms with E-state index in [4.69, 9.17) is 51.8 Å². The molecule has 3 N–H and O–H groups in total. The molecule has 32 heavy (non-hydrogen) atoms. The van der Waals surface area contributed by atoms with Crippen molar-refractivity contribution in [3.63, 3.8) is 0 Å². The number of rotatable bonds is 8. The molecule has 2 rings (SSSR count). The molecule has 2 aromatic rings. The number of anilines is 1. The Labute approximate surface area is 215 Å². The van der Waals surface area contributed by atoms with Gasteiger partial charge in [-0.25, -0.2) is 4.79 Å². The lowest BCUT2D eigenvalue weighted by molar-refractivity contribution is 0.0499. The van der Waals surface area contributed by atoms with Crippen molar-refractivity contribution in [2.75, 3.05) is 11.9 Å². The fraction of sp³-hybridized carbons (Fsp3) is 0.286. The number of esters is 1. The van der Waals surface area contributed by atoms with Crippen LogP contribution in [0.1, 0.15) is 40.5 Å². The fourth-order valence-corrected chi connectivity index (χ4v) is 3.46. The SMILES string of the molecule is CCCCOC(=O)c1ccc(NC(=S)N[C@H](NC(=O)c2ccccc2Br)C(Cl)(Cl)Cl)cc1. The quantitative estimate of drug-likeness (QED) is 0.120. The van der Waals surface area contributed by atoms with Gasteiger partial charge in [0.05, 0.1) is 17.7 Å². The highest BCUT2D eigenvalue weighted by Gasteiger charge is 2.35. The van der Waals surface area contributed by atoms with E-state index in [1.165, 1.54) is 0 Å². The number of alkyl halides is 3. The van der Waals surface area contributed by atoms with E-state index in [-0.39, 0.29) is 5.11 Å². The monoisotopic (exact) mass is 579 g/mol. The number of hydrogen-bond acceptors (Lipinski definition) is 4. The van der Waals surface area contributed by atoms with Crippen molar-refractivity contribution in [2.45, 2.75) is 29.7 Å². The van der Waals surface area contributed by atoms with E-state index >= 15 is 0 Å². The summed E-state index contributed by atoms with van der Waals surface area (Å²) < 4.78 is 3.87. The molecule has 2 aromatic carbocycles. The van der Waals surface area contributed by atoms with Gasteiger partial charge in [-0.3, -0.25) is 4.79 Å². The van der Waals surface area contributed by atoms with Crippen LogP contribution in [-0.4, -0.2) is 33.6 Å². The van der Waals surface area contributed by atoms with Gasteiger partial charge in [0.1, 0.15) is 6.17 Å². The molecular formula is C21H21BrCl3N3O3S. The van der Waals surface area contributed by atoms with Gasteiger partial charge in [-0.05, 0) is 71.0 Å². The Kier molecular flexibility index (Phi) is 10.5. The first kappa shape index (κ1) is 26.7. The molecule has 0 heterocycles. The van der Waals surface area contributed by atoms with Crippen LogP contribution in [0, 0.1) is 0 Å². The van der Waals surface area contributed by atoms with Crippen LogP contribution in [0.15, 0.2) is 53.0 Å². The first-order valence-corrected chi connectivity index (χ1v) is 11.9. The Hall–Kier alpha value is -1.58. The van der Waals surface area contributed by atoms with Gasteiger partial charge >= 0.3 is 5.97 Å². The molecule has 0 aliphatic carbocycles. The van der Waals surface area contributed by atoms with Gasteiger partial charge in [0.15, 0.2) is 5.11 Å². The summed E-state index contributed by atoms with van der Waals surface area (Å²) in [5.41, 5.74) is 1.38. The smallest absolute Gasteiger partial charge is 0.338 e. The van der Waals surface area contributed by atoms with Crippen LogP contribution in [0.4, 0.5) is 5.69 Å². The third-order valence-electron chi connectivity index (χ3n) is 4.11. The van der Waals surface area contributed by atoms with Gasteiger partial charge in [-0.2, -0.15) is 0 Å². The Morgan fingerprint density at radius 3 is 2.34 bits per heavy atom. The normalized spacial score (nSPS) is 11.9. The summed E-state index contributed by atoms with van der Waals surface area (Å²) in [6.45, 7) is 2.40. The Morgan fingerprint density at radius 2 is 1.75 bits per heavy atom. The zero-order chi connectivity index (χ0) is 23.7. The molecule has 0 bridgehead atoms. The number of unbranched alkanes of at least 4 members (excludes halogenated alkanes) is 1. The lowest BCUT2D eigenvalue weighted by Gasteiger charge is -2.28. The summed E-state index contributed by atoms with van der Waals surface area (Å²) in [6, 6.07) is 13.4. The number of amides is 1. The third kappa shape index (κ3) is 8.41. The van der Waals surface area contributed by atoms with Gasteiger partial charge in [-0.1, -0.05) is 60.3 Å². The number of carbonyl (C=O) groups is 2. The molecule has 6 nitrogen and oxygen atoms in total. The molecule has 11 heteroatoms. The molecule has 1 atom stereocenters. The topological polar surface area (TPSA) is 79.5 Å². The summed E-state index contributed by atoms with van der Waals surface area (Å²) in [4.78, 5) is 24.6. The molecular weight excluding hydrogens is 561 g/mol. The highest BCUT2D eigenvalue weighted by atomic mass is 79.9. The van der Waals surface area contributed by atoms with E-state index in [0.717, 1.165) is 12.8 Å². The fourth-order valence-electron chi connectivity index (χ4n) is 2.43. The minimum Gasteiger partial charge on any atom is -0.462 e. The van der Waals surface area contributed by atoms with Crippen LogP contribution in [0.5, 0.6) is 0 Å². The highest BCUT2D eigenvalue weighted by molar-refractivity contribution is 9.10. The maximum Gasteiger partial charge on any atom is 0.338 e. The summed E-state index contributed by atoms with van der Waals surface area (Å²) in [5.74, 6) is -0.855. The Balaban J connectivity index is 1.99. The summed E-state index contributed by atoms with van der Waals surface area (Å²) in [7, 11) is 0. The number of carbonyl (C=O) groups excluding carboxylic acids is 2. The van der Waals surface area contributed by atoms with Crippen molar-refractivity contribution >= 4 is 85.6 Å². The van der Waals surface area contributed by atoms with Crippen molar-refractivity contribution in [3.05, 3.63) is 64.1 Å². The zero-order valence-electron chi connectivity index (χ0n) is 17.0. The number of thiocarbonyl (C=S) groups is 1. The molecule has 172 valence electrons. The lowest BCUT2D eigenvalue weighted by Crippen LogP contribution is -2.56. The molecule has 0 radical (unpaired) electrons. The molecule has 1 amide bonds. The standard InChI is InChI=1S/C21H21BrCl3N3O3S/c1-2-3-12-31-18(30)13-8-10-14(11-9-13)26-20(32)28-19(21(23,24)25)27-17(29)15-6-4-5-7-16(15)22/h4-11,19H,2-3,12H2,1H3,(H,27,29)(H2,26,28,32)/t19-/m0/s1. The molecule has 0 unspecified atom stereocenters. The summed E-state index contributed by atoms with van der Waals surface area (Å²) in [5, 5.41) is 8.42. The van der Waals surface area contributed by atoms with Gasteiger partial charge in [-0.15, -0.1) is 0 Å². The van der Waals surface area contributed by atoms with Crippen molar-refractivity contribution in [1.82, 2.24) is 10.6 Å². The van der Waals surface area contributed by atoms with E-state index in [0.29, 0.717) is 27.9 Å². The molecule has 0 saturated heterocycles. The van der Waals surface area contributed by atoms with Crippen LogP contribution in [0.3, 0.4) is 0 Å². The zero-order valence-corrected chi connectivity index (χ0v) is 21.6. The van der Waals surface area contributed by atoms with Crippen molar-refractivity contribution in [1.29, 1.82) is 0 Å². The Morgan fingerprint density at radius 1 is 1.09 bits per heavy atom. The second kappa shape index (κ2) is 12.6. The van der Waals surface area contributed by atoms with Gasteiger partial charge in [0, 0.05) is 10.2 Å². The maximum absolute atomic E-state index is 12.6. The van der Waals surface area contributed by atoms with Crippen LogP contribution in [0.25, 0.3) is 0 Å². The van der Waals surface area contributed by atoms with Crippen LogP contribution < -0.4 is 16.0 Å². The molecule has 0 aliphatic rings. The first-order chi connectivity index (χ1) is 15.1. The van der Waals surface area contributed by atoms with Crippen LogP contribution in [0.2, 0.25) is 0 Å². The number of hydrogen-bond donors (Lipinski definition) is 3. The van der Waals surface area contributed by atoms with Gasteiger partial charge in [0.25, 0.3) is 5.91 Å². The summed E-state index contributed by atoms with van der Waals surface area (Å²) >= 11 is 26.7. The minimum atomic E-state index is -1.89.